The molecule has 1 aromatic heterocycles. The van der Waals surface area contributed by atoms with Crippen molar-refractivity contribution >= 4 is 29.6 Å². The van der Waals surface area contributed by atoms with Gasteiger partial charge in [-0.15, -0.1) is 0 Å². The first-order valence-electron chi connectivity index (χ1n) is 11.4. The monoisotopic (exact) mass is 539 g/mol. The summed E-state index contributed by atoms with van der Waals surface area (Å²) < 4.78 is 41.9. The minimum Gasteiger partial charge on any atom is -0.480 e. The topological polar surface area (TPSA) is 84.2 Å². The Kier molecular flexibility index (Phi) is 7.97. The Balaban J connectivity index is 1.65. The minimum atomic E-state index is -4.67. The standard InChI is InChI=1S/C28H21ClF3N3O3/c29-23-13-11-19(16-22(23)28(30,31)32)26-20(17-35(34-26)21-9-5-2-6-10-21)12-14-25(36)33-24(27(37)38)15-18-7-3-1-4-8-18/h1-14,16-17,24H,15H2,(H,33,36)(H,37,38)/b14-12+/t24-/m0/s1. The van der Waals surface area contributed by atoms with E-state index in [4.69, 9.17) is 11.6 Å². The Labute approximate surface area is 221 Å². The molecule has 0 bridgehead atoms. The van der Waals surface area contributed by atoms with Gasteiger partial charge < -0.3 is 10.4 Å². The first-order chi connectivity index (χ1) is 18.1. The molecule has 1 amide bonds. The van der Waals surface area contributed by atoms with Gasteiger partial charge in [-0.1, -0.05) is 66.2 Å². The molecule has 4 rings (SSSR count). The van der Waals surface area contributed by atoms with Crippen molar-refractivity contribution in [2.24, 2.45) is 0 Å². The zero-order chi connectivity index (χ0) is 27.3. The summed E-state index contributed by atoms with van der Waals surface area (Å²) in [5.41, 5.74) is 1.04. The molecule has 2 N–H and O–H groups in total. The maximum Gasteiger partial charge on any atom is 0.417 e. The van der Waals surface area contributed by atoms with Crippen LogP contribution in [-0.4, -0.2) is 32.8 Å². The third kappa shape index (κ3) is 6.49. The summed E-state index contributed by atoms with van der Waals surface area (Å²) in [6.45, 7) is 0. The lowest BCUT2D eigenvalue weighted by Crippen LogP contribution is -2.41. The van der Waals surface area contributed by atoms with Crippen LogP contribution in [0.25, 0.3) is 23.0 Å². The number of aromatic nitrogens is 2. The average Bonchev–Trinajstić information content (AvgIpc) is 3.32. The summed E-state index contributed by atoms with van der Waals surface area (Å²) in [6.07, 6.45) is -0.528. The van der Waals surface area contributed by atoms with Crippen molar-refractivity contribution in [3.05, 3.63) is 113 Å². The highest BCUT2D eigenvalue weighted by molar-refractivity contribution is 6.31. The van der Waals surface area contributed by atoms with E-state index in [0.29, 0.717) is 11.3 Å². The molecule has 0 aliphatic heterocycles. The fourth-order valence-electron chi connectivity index (χ4n) is 3.77. The van der Waals surface area contributed by atoms with E-state index >= 15 is 0 Å². The van der Waals surface area contributed by atoms with Gasteiger partial charge in [0, 0.05) is 29.8 Å². The quantitative estimate of drug-likeness (QED) is 0.268. The number of nitrogens with zero attached hydrogens (tertiary/aromatic N) is 2. The number of rotatable bonds is 8. The van der Waals surface area contributed by atoms with Crippen LogP contribution < -0.4 is 5.32 Å². The van der Waals surface area contributed by atoms with Crippen molar-refractivity contribution in [3.63, 3.8) is 0 Å². The van der Waals surface area contributed by atoms with Crippen LogP contribution in [0, 0.1) is 0 Å². The molecule has 0 saturated heterocycles. The summed E-state index contributed by atoms with van der Waals surface area (Å²) in [4.78, 5) is 24.3. The van der Waals surface area contributed by atoms with E-state index < -0.39 is 34.7 Å². The highest BCUT2D eigenvalue weighted by Crippen LogP contribution is 2.37. The number of hydrogen-bond acceptors (Lipinski definition) is 3. The number of hydrogen-bond donors (Lipinski definition) is 2. The number of alkyl halides is 3. The zero-order valence-electron chi connectivity index (χ0n) is 19.7. The fraction of sp³-hybridized carbons (Fsp3) is 0.107. The number of aliphatic carboxylic acids is 1. The summed E-state index contributed by atoms with van der Waals surface area (Å²) in [7, 11) is 0. The molecule has 38 heavy (non-hydrogen) atoms. The largest absolute Gasteiger partial charge is 0.480 e. The van der Waals surface area contributed by atoms with Crippen LogP contribution in [0.5, 0.6) is 0 Å². The third-order valence-electron chi connectivity index (χ3n) is 5.62. The number of amides is 1. The molecule has 0 aliphatic rings. The first kappa shape index (κ1) is 26.7. The number of carboxylic acids is 1. The van der Waals surface area contributed by atoms with Gasteiger partial charge in [0.25, 0.3) is 0 Å². The number of benzene rings is 3. The van der Waals surface area contributed by atoms with Crippen molar-refractivity contribution < 1.29 is 27.9 Å². The van der Waals surface area contributed by atoms with E-state index in [0.717, 1.165) is 23.8 Å². The molecule has 6 nitrogen and oxygen atoms in total. The number of carboxylic acid groups (broad SMARTS) is 1. The van der Waals surface area contributed by atoms with E-state index in [1.54, 1.807) is 60.8 Å². The van der Waals surface area contributed by atoms with Gasteiger partial charge in [0.2, 0.25) is 5.91 Å². The molecule has 0 radical (unpaired) electrons. The van der Waals surface area contributed by atoms with Crippen LogP contribution in [0.3, 0.4) is 0 Å². The van der Waals surface area contributed by atoms with Crippen molar-refractivity contribution in [1.82, 2.24) is 15.1 Å². The average molecular weight is 540 g/mol. The van der Waals surface area contributed by atoms with Gasteiger partial charge in [-0.3, -0.25) is 4.79 Å². The first-order valence-corrected chi connectivity index (χ1v) is 11.8. The molecule has 4 aromatic rings. The van der Waals surface area contributed by atoms with Gasteiger partial charge in [-0.2, -0.15) is 18.3 Å². The predicted molar refractivity (Wildman–Crippen MR) is 138 cm³/mol. The Morgan fingerprint density at radius 3 is 2.32 bits per heavy atom. The SMILES string of the molecule is O=C(/C=C/c1cn(-c2ccccc2)nc1-c1ccc(Cl)c(C(F)(F)F)c1)N[C@@H](Cc1ccccc1)C(=O)O. The maximum absolute atomic E-state index is 13.5. The third-order valence-corrected chi connectivity index (χ3v) is 5.95. The second kappa shape index (κ2) is 11.4. The van der Waals surface area contributed by atoms with E-state index in [1.807, 2.05) is 6.07 Å². The lowest BCUT2D eigenvalue weighted by molar-refractivity contribution is -0.141. The fourth-order valence-corrected chi connectivity index (χ4v) is 4.00. The van der Waals surface area contributed by atoms with Crippen LogP contribution in [0.2, 0.25) is 5.02 Å². The second-order valence-corrected chi connectivity index (χ2v) is 8.74. The molecule has 0 saturated carbocycles. The molecular formula is C28H21ClF3N3O3. The maximum atomic E-state index is 13.5. The number of nitrogens with one attached hydrogen (secondary N) is 1. The molecule has 0 spiro atoms. The van der Waals surface area contributed by atoms with Crippen LogP contribution in [0.15, 0.2) is 91.1 Å². The number of carbonyl (C=O) groups is 2. The van der Waals surface area contributed by atoms with Crippen LogP contribution in [-0.2, 0) is 22.2 Å². The van der Waals surface area contributed by atoms with E-state index in [9.17, 15) is 27.9 Å². The summed E-state index contributed by atoms with van der Waals surface area (Å²) in [5, 5.41) is 16.0. The predicted octanol–water partition coefficient (Wildman–Crippen LogP) is 6.04. The van der Waals surface area contributed by atoms with Gasteiger partial charge in [0.05, 0.1) is 22.0 Å². The lowest BCUT2D eigenvalue weighted by Gasteiger charge is -2.13. The van der Waals surface area contributed by atoms with E-state index in [1.165, 1.54) is 16.8 Å². The molecule has 3 aromatic carbocycles. The summed E-state index contributed by atoms with van der Waals surface area (Å²) in [5.74, 6) is -1.88. The normalized spacial score (nSPS) is 12.4. The molecular weight excluding hydrogens is 519 g/mol. The van der Waals surface area contributed by atoms with Gasteiger partial charge in [-0.05, 0) is 35.9 Å². The van der Waals surface area contributed by atoms with Crippen LogP contribution in [0.1, 0.15) is 16.7 Å². The Morgan fingerprint density at radius 1 is 1.03 bits per heavy atom. The van der Waals surface area contributed by atoms with Crippen molar-refractivity contribution in [1.29, 1.82) is 0 Å². The Morgan fingerprint density at radius 2 is 1.68 bits per heavy atom. The summed E-state index contributed by atoms with van der Waals surface area (Å²) in [6, 6.07) is 20.0. The Hall–Kier alpha value is -4.37. The molecule has 0 fully saturated rings. The molecule has 194 valence electrons. The molecule has 10 heteroatoms. The molecule has 0 aliphatic carbocycles. The van der Waals surface area contributed by atoms with Crippen molar-refractivity contribution in [3.8, 4) is 16.9 Å². The molecule has 0 unspecified atom stereocenters. The van der Waals surface area contributed by atoms with E-state index in [-0.39, 0.29) is 17.7 Å². The van der Waals surface area contributed by atoms with Crippen molar-refractivity contribution in [2.75, 3.05) is 0 Å². The lowest BCUT2D eigenvalue weighted by atomic mass is 10.0. The van der Waals surface area contributed by atoms with Gasteiger partial charge >= 0.3 is 12.1 Å². The zero-order valence-corrected chi connectivity index (χ0v) is 20.4. The molecule has 1 heterocycles. The number of para-hydroxylation sites is 1. The van der Waals surface area contributed by atoms with Crippen molar-refractivity contribution in [2.45, 2.75) is 18.6 Å². The smallest absolute Gasteiger partial charge is 0.417 e. The highest BCUT2D eigenvalue weighted by Gasteiger charge is 2.33. The molecule has 1 atom stereocenters. The van der Waals surface area contributed by atoms with Gasteiger partial charge in [0.15, 0.2) is 0 Å². The van der Waals surface area contributed by atoms with Gasteiger partial charge in [-0.25, -0.2) is 9.48 Å². The Bertz CT molecular complexity index is 1470. The number of halogens is 4. The second-order valence-electron chi connectivity index (χ2n) is 8.33. The summed E-state index contributed by atoms with van der Waals surface area (Å²) >= 11 is 5.78. The number of carbonyl (C=O) groups excluding carboxylic acids is 1. The van der Waals surface area contributed by atoms with Crippen LogP contribution >= 0.6 is 11.6 Å². The van der Waals surface area contributed by atoms with Gasteiger partial charge in [0.1, 0.15) is 6.04 Å². The van der Waals surface area contributed by atoms with E-state index in [2.05, 4.69) is 10.4 Å². The highest BCUT2D eigenvalue weighted by atomic mass is 35.5. The van der Waals surface area contributed by atoms with Crippen LogP contribution in [0.4, 0.5) is 13.2 Å². The minimum absolute atomic E-state index is 0.0813.